The van der Waals surface area contributed by atoms with Crippen LogP contribution in [0.5, 0.6) is 0 Å². The summed E-state index contributed by atoms with van der Waals surface area (Å²) >= 11 is 0. The number of nitrogens with zero attached hydrogens (tertiary/aromatic N) is 3. The van der Waals surface area contributed by atoms with Crippen LogP contribution in [0.1, 0.15) is 105 Å². The number of urea groups is 1. The highest BCUT2D eigenvalue weighted by molar-refractivity contribution is 6.16. The number of nitrogens with one attached hydrogen (secondary N) is 7. The molecule has 30 heteroatoms. The van der Waals surface area contributed by atoms with Gasteiger partial charge in [-0.05, 0) is 82.8 Å². The molecule has 30 nitrogen and oxygen atoms in total. The smallest absolute Gasteiger partial charge is 0.407 e. The van der Waals surface area contributed by atoms with Gasteiger partial charge in [-0.15, -0.1) is 0 Å². The maximum atomic E-state index is 14.5. The molecular formula is C81H109N13O17. The molecule has 1 aromatic heterocycles. The zero-order valence-corrected chi connectivity index (χ0v) is 64.0. The van der Waals surface area contributed by atoms with Crippen LogP contribution in [0, 0.1) is 5.92 Å². The SMILES string of the molecule is CCCCN=C(Cc1ccc(CNC(=O)OCc2ccc(NC(=O)[C@H](CCCNC(N)=O)NC(=O)[C@@H](NC(=O)[C@H](CNC(=O)CCOCCOCCOCCOCCOCCOCCOCCOC)NC(=O)CCC(=O)N3Cc4ccccc4/C=C\c4ccccc43)C(C)C)cc2)cc1)c1c(N)c(N)nc2ccccc12. The summed E-state index contributed by atoms with van der Waals surface area (Å²) in [5, 5.41) is 19.8. The topological polar surface area (TPSA) is 410 Å². The lowest BCUT2D eigenvalue weighted by Gasteiger charge is -2.28. The minimum Gasteiger partial charge on any atom is -0.445 e. The number of primary amides is 1. The average Bonchev–Trinajstić information content (AvgIpc) is 0.794. The van der Waals surface area contributed by atoms with E-state index in [2.05, 4.69) is 49.1 Å². The molecule has 6 aromatic rings. The molecule has 0 unspecified atom stereocenters. The number of hydrogen-bond donors (Lipinski definition) is 10. The predicted molar refractivity (Wildman–Crippen MR) is 424 cm³/mol. The third-order valence-electron chi connectivity index (χ3n) is 17.5. The first-order valence-corrected chi connectivity index (χ1v) is 37.6. The zero-order chi connectivity index (χ0) is 79.4. The maximum absolute atomic E-state index is 14.5. The van der Waals surface area contributed by atoms with Crippen LogP contribution in [-0.4, -0.2) is 202 Å². The Labute approximate surface area is 648 Å². The van der Waals surface area contributed by atoms with E-state index in [4.69, 9.17) is 64.8 Å². The number of anilines is 4. The fourth-order valence-electron chi connectivity index (χ4n) is 11.5. The number of aliphatic imine (C=N–C) groups is 1. The Morgan fingerprint density at radius 1 is 0.568 bits per heavy atom. The number of aromatic nitrogens is 1. The Hall–Kier alpha value is -10.4. The molecule has 0 bridgehead atoms. The monoisotopic (exact) mass is 1540 g/mol. The first kappa shape index (κ1) is 87.8. The number of benzene rings is 5. The number of ether oxygens (including phenoxy) is 9. The maximum Gasteiger partial charge on any atom is 0.407 e. The fourth-order valence-corrected chi connectivity index (χ4v) is 11.5. The molecule has 9 amide bonds. The Morgan fingerprint density at radius 2 is 1.15 bits per heavy atom. The van der Waals surface area contributed by atoms with E-state index in [9.17, 15) is 38.4 Å². The van der Waals surface area contributed by atoms with Crippen LogP contribution in [0.2, 0.25) is 0 Å². The van der Waals surface area contributed by atoms with Crippen LogP contribution >= 0.6 is 0 Å². The summed E-state index contributed by atoms with van der Waals surface area (Å²) in [5.41, 5.74) is 26.9. The molecule has 0 aliphatic carbocycles. The Balaban J connectivity index is 0.893. The van der Waals surface area contributed by atoms with E-state index < -0.39 is 72.2 Å². The summed E-state index contributed by atoms with van der Waals surface area (Å²) in [4.78, 5) is 120. The van der Waals surface area contributed by atoms with Gasteiger partial charge in [-0.1, -0.05) is 136 Å². The van der Waals surface area contributed by atoms with E-state index in [-0.39, 0.29) is 89.9 Å². The summed E-state index contributed by atoms with van der Waals surface area (Å²) in [5.74, 6) is -4.16. The van der Waals surface area contributed by atoms with Gasteiger partial charge >= 0.3 is 12.1 Å². The highest BCUT2D eigenvalue weighted by Gasteiger charge is 2.33. The molecule has 0 radical (unpaired) electrons. The largest absolute Gasteiger partial charge is 0.445 e. The summed E-state index contributed by atoms with van der Waals surface area (Å²) in [7, 11) is 1.62. The number of carbonyl (C=O) groups excluding carboxylic acids is 8. The molecule has 0 spiro atoms. The third kappa shape index (κ3) is 31.8. The number of fused-ring (bicyclic) bond motifs is 3. The summed E-state index contributed by atoms with van der Waals surface area (Å²) in [6, 6.07) is 32.3. The molecular weight excluding hydrogens is 1430 g/mol. The number of hydrogen-bond acceptors (Lipinski definition) is 21. The van der Waals surface area contributed by atoms with E-state index in [1.54, 1.807) is 50.1 Å². The number of para-hydroxylation sites is 2. The van der Waals surface area contributed by atoms with Gasteiger partial charge in [0, 0.05) is 81.3 Å². The van der Waals surface area contributed by atoms with Gasteiger partial charge in [0.1, 0.15) is 30.6 Å². The standard InChI is InChI=1S/C81H109N13O17/c1-5-6-34-85-67(73-64-17-10-11-18-65(64)91-76(83)74(73)82)51-57-21-23-58(24-22-57)52-88-81(102)111-55-59-25-29-63(30-26-59)89-77(98)66(19-13-35-86-80(84)101)92-79(100)75(56(2)3)93-78(99)68(90-71(96)31-32-72(97)94-54-62-16-8-7-14-60(62)27-28-61-15-9-12-20-69(61)94)53-87-70(95)33-36-104-39-40-106-43-44-108-47-48-110-50-49-109-46-45-107-42-41-105-38-37-103-4/h7-12,14-18,20-30,56,66,68,75H,5-6,13,19,31-55,82H2,1-4H3,(H2,83,91)(H,87,95)(H,88,102)(H,89,98)(H,90,96)(H,92,100)(H,93,99)(H3,84,86,101)/b28-27-,85-67?/t66-,68-,75-/m0/s1. The number of pyridine rings is 1. The number of amides is 9. The van der Waals surface area contributed by atoms with Crippen LogP contribution in [0.4, 0.5) is 32.5 Å². The van der Waals surface area contributed by atoms with Gasteiger partial charge in [-0.2, -0.15) is 0 Å². The highest BCUT2D eigenvalue weighted by atomic mass is 16.6. The lowest BCUT2D eigenvalue weighted by Crippen LogP contribution is -2.59. The van der Waals surface area contributed by atoms with Crippen molar-refractivity contribution in [3.63, 3.8) is 0 Å². The van der Waals surface area contributed by atoms with E-state index in [0.717, 1.165) is 62.8 Å². The Morgan fingerprint density at radius 3 is 1.79 bits per heavy atom. The predicted octanol–water partition coefficient (Wildman–Crippen LogP) is 6.92. The molecule has 0 saturated carbocycles. The summed E-state index contributed by atoms with van der Waals surface area (Å²) in [6.45, 7) is 11.6. The van der Waals surface area contributed by atoms with Gasteiger partial charge in [0.25, 0.3) is 0 Å². The van der Waals surface area contributed by atoms with Gasteiger partial charge in [-0.25, -0.2) is 14.6 Å². The molecule has 3 atom stereocenters. The number of unbranched alkanes of at least 4 members (excludes halogenated alkanes) is 1. The third-order valence-corrected chi connectivity index (χ3v) is 17.5. The minimum absolute atomic E-state index is 0.00225. The van der Waals surface area contributed by atoms with Gasteiger partial charge in [0.15, 0.2) is 0 Å². The van der Waals surface area contributed by atoms with E-state index in [0.29, 0.717) is 115 Å². The van der Waals surface area contributed by atoms with Crippen LogP contribution in [-0.2, 0) is 97.5 Å². The second kappa shape index (κ2) is 49.7. The van der Waals surface area contributed by atoms with Crippen molar-refractivity contribution in [2.45, 2.75) is 110 Å². The number of carbonyl (C=O) groups is 8. The van der Waals surface area contributed by atoms with Crippen LogP contribution in [0.3, 0.4) is 0 Å². The van der Waals surface area contributed by atoms with Crippen molar-refractivity contribution < 1.29 is 81.0 Å². The summed E-state index contributed by atoms with van der Waals surface area (Å²) < 4.78 is 49.1. The van der Waals surface area contributed by atoms with Gasteiger partial charge in [0.05, 0.1) is 123 Å². The van der Waals surface area contributed by atoms with Crippen molar-refractivity contribution in [2.75, 3.05) is 148 Å². The molecule has 2 heterocycles. The van der Waals surface area contributed by atoms with E-state index in [1.807, 2.05) is 109 Å². The first-order chi connectivity index (χ1) is 53.9. The van der Waals surface area contributed by atoms with Crippen LogP contribution in [0.25, 0.3) is 23.1 Å². The molecule has 5 aromatic carbocycles. The molecule has 1 aliphatic rings. The molecule has 0 fully saturated rings. The van der Waals surface area contributed by atoms with Crippen LogP contribution in [0.15, 0.2) is 126 Å². The van der Waals surface area contributed by atoms with Crippen molar-refractivity contribution in [2.24, 2.45) is 16.6 Å². The molecule has 1 aliphatic heterocycles. The lowest BCUT2D eigenvalue weighted by atomic mass is 9.96. The van der Waals surface area contributed by atoms with Gasteiger partial charge < -0.3 is 102 Å². The first-order valence-electron chi connectivity index (χ1n) is 37.6. The lowest BCUT2D eigenvalue weighted by molar-refractivity contribution is -0.134. The second-order valence-electron chi connectivity index (χ2n) is 26.3. The summed E-state index contributed by atoms with van der Waals surface area (Å²) in [6.07, 6.45) is 5.13. The van der Waals surface area contributed by atoms with E-state index >= 15 is 0 Å². The van der Waals surface area contributed by atoms with Crippen molar-refractivity contribution in [3.05, 3.63) is 160 Å². The van der Waals surface area contributed by atoms with Crippen molar-refractivity contribution >= 4 is 99.2 Å². The normalized spacial score (nSPS) is 13.0. The Kier molecular flexibility index (Phi) is 39.3. The second-order valence-corrected chi connectivity index (χ2v) is 26.3. The Bertz CT molecular complexity index is 3980. The van der Waals surface area contributed by atoms with Crippen molar-refractivity contribution in [1.82, 2.24) is 36.9 Å². The fraction of sp³-hybridized carbons (Fsp3) is 0.457. The molecule has 600 valence electrons. The van der Waals surface area contributed by atoms with E-state index in [1.165, 1.54) is 0 Å². The average molecular weight is 1540 g/mol. The minimum atomic E-state index is -1.46. The molecule has 7 rings (SSSR count). The van der Waals surface area contributed by atoms with Crippen LogP contribution < -0.4 is 59.3 Å². The van der Waals surface area contributed by atoms with Crippen molar-refractivity contribution in [1.29, 1.82) is 0 Å². The van der Waals surface area contributed by atoms with Gasteiger partial charge in [-0.3, -0.25) is 33.8 Å². The van der Waals surface area contributed by atoms with Crippen molar-refractivity contribution in [3.8, 4) is 0 Å². The number of rotatable bonds is 51. The quantitative estimate of drug-likeness (QED) is 0.0137. The number of nitrogens with two attached hydrogens (primary N) is 3. The highest BCUT2D eigenvalue weighted by Crippen LogP contribution is 2.31. The number of methoxy groups -OCH3 is 1. The number of alkyl carbamates (subject to hydrolysis) is 1. The zero-order valence-electron chi connectivity index (χ0n) is 64.0. The molecule has 13 N–H and O–H groups in total. The molecule has 0 saturated heterocycles. The van der Waals surface area contributed by atoms with Gasteiger partial charge in [0.2, 0.25) is 35.4 Å². The number of nitrogen functional groups attached to an aromatic ring is 2. The molecule has 111 heavy (non-hydrogen) atoms.